The number of pyridine rings is 1. The Labute approximate surface area is 131 Å². The van der Waals surface area contributed by atoms with E-state index in [1.54, 1.807) is 6.20 Å². The van der Waals surface area contributed by atoms with Crippen LogP contribution in [0.1, 0.15) is 31.7 Å². The van der Waals surface area contributed by atoms with Gasteiger partial charge in [-0.1, -0.05) is 31.5 Å². The molecule has 3 rings (SSSR count). The van der Waals surface area contributed by atoms with Crippen molar-refractivity contribution in [2.75, 3.05) is 16.8 Å². The number of amides is 1. The van der Waals surface area contributed by atoms with E-state index in [1.165, 1.54) is 11.3 Å². The van der Waals surface area contributed by atoms with Crippen molar-refractivity contribution in [2.24, 2.45) is 0 Å². The molecule has 2 aromatic rings. The minimum absolute atomic E-state index is 0.0583. The fraction of sp³-hybridized carbons (Fsp3) is 0.333. The highest BCUT2D eigenvalue weighted by atomic mass is 16.1. The van der Waals surface area contributed by atoms with Crippen molar-refractivity contribution in [3.05, 3.63) is 48.2 Å². The van der Waals surface area contributed by atoms with Gasteiger partial charge < -0.3 is 10.2 Å². The Bertz CT molecular complexity index is 652. The Morgan fingerprint density at radius 3 is 2.91 bits per heavy atom. The van der Waals surface area contributed by atoms with Crippen LogP contribution >= 0.6 is 0 Å². The number of nitrogens with zero attached hydrogens (tertiary/aromatic N) is 2. The first kappa shape index (κ1) is 14.6. The molecule has 22 heavy (non-hydrogen) atoms. The fourth-order valence-electron chi connectivity index (χ4n) is 2.76. The summed E-state index contributed by atoms with van der Waals surface area (Å²) in [6.45, 7) is 3.03. The molecule has 0 saturated heterocycles. The number of para-hydroxylation sites is 1. The number of rotatable bonds is 5. The molecular weight excluding hydrogens is 274 g/mol. The van der Waals surface area contributed by atoms with Gasteiger partial charge in [0.15, 0.2) is 0 Å². The Morgan fingerprint density at radius 1 is 1.27 bits per heavy atom. The van der Waals surface area contributed by atoms with E-state index in [0.29, 0.717) is 6.42 Å². The van der Waals surface area contributed by atoms with Crippen LogP contribution in [0.5, 0.6) is 0 Å². The van der Waals surface area contributed by atoms with Crippen molar-refractivity contribution < 1.29 is 4.79 Å². The number of aromatic nitrogens is 1. The van der Waals surface area contributed by atoms with E-state index in [-0.39, 0.29) is 5.91 Å². The Morgan fingerprint density at radius 2 is 2.14 bits per heavy atom. The van der Waals surface area contributed by atoms with Gasteiger partial charge in [0.1, 0.15) is 5.82 Å². The lowest BCUT2D eigenvalue weighted by atomic mass is 10.2. The maximum Gasteiger partial charge on any atom is 0.224 e. The van der Waals surface area contributed by atoms with Crippen LogP contribution in [-0.4, -0.2) is 17.4 Å². The first-order valence-corrected chi connectivity index (χ1v) is 7.89. The molecule has 1 aliphatic rings. The van der Waals surface area contributed by atoms with E-state index < -0.39 is 0 Å². The first-order chi connectivity index (χ1) is 10.8. The van der Waals surface area contributed by atoms with Gasteiger partial charge in [0.05, 0.1) is 11.9 Å². The van der Waals surface area contributed by atoms with E-state index in [0.717, 1.165) is 37.3 Å². The van der Waals surface area contributed by atoms with Gasteiger partial charge >= 0.3 is 0 Å². The number of carbonyl (C=O) groups excluding carboxylic acids is 1. The minimum atomic E-state index is 0.0583. The lowest BCUT2D eigenvalue weighted by molar-refractivity contribution is -0.116. The van der Waals surface area contributed by atoms with Crippen LogP contribution in [-0.2, 0) is 11.2 Å². The van der Waals surface area contributed by atoms with Crippen LogP contribution in [0.2, 0.25) is 0 Å². The highest BCUT2D eigenvalue weighted by Gasteiger charge is 2.20. The number of fused-ring (bicyclic) bond motifs is 1. The molecule has 0 atom stereocenters. The molecule has 0 unspecified atom stereocenters. The highest BCUT2D eigenvalue weighted by molar-refractivity contribution is 5.90. The van der Waals surface area contributed by atoms with Gasteiger partial charge in [0, 0.05) is 18.7 Å². The quantitative estimate of drug-likeness (QED) is 0.909. The average Bonchev–Trinajstić information content (AvgIpc) is 2.98. The van der Waals surface area contributed by atoms with Gasteiger partial charge in [-0.15, -0.1) is 0 Å². The molecule has 1 aromatic carbocycles. The zero-order valence-electron chi connectivity index (χ0n) is 12.9. The smallest absolute Gasteiger partial charge is 0.224 e. The summed E-state index contributed by atoms with van der Waals surface area (Å²) in [7, 11) is 0. The summed E-state index contributed by atoms with van der Waals surface area (Å²) in [5, 5.41) is 2.89. The molecule has 1 amide bonds. The molecule has 1 aliphatic heterocycles. The van der Waals surface area contributed by atoms with E-state index in [1.807, 2.05) is 12.1 Å². The molecule has 0 spiro atoms. The van der Waals surface area contributed by atoms with Crippen LogP contribution in [0.4, 0.5) is 17.2 Å². The van der Waals surface area contributed by atoms with Gasteiger partial charge in [0.25, 0.3) is 0 Å². The third kappa shape index (κ3) is 3.11. The SMILES string of the molecule is CCCCC(=O)Nc1ccc(N2CCc3ccccc32)nc1. The Balaban J connectivity index is 1.69. The van der Waals surface area contributed by atoms with Crippen molar-refractivity contribution in [1.82, 2.24) is 4.98 Å². The number of hydrogen-bond donors (Lipinski definition) is 1. The molecule has 0 aliphatic carbocycles. The minimum Gasteiger partial charge on any atom is -0.326 e. The van der Waals surface area contributed by atoms with Crippen LogP contribution in [0.15, 0.2) is 42.6 Å². The summed E-state index contributed by atoms with van der Waals surface area (Å²) < 4.78 is 0. The molecule has 4 nitrogen and oxygen atoms in total. The maximum atomic E-state index is 11.7. The average molecular weight is 295 g/mol. The summed E-state index contributed by atoms with van der Waals surface area (Å²) in [6, 6.07) is 12.3. The molecule has 2 heterocycles. The highest BCUT2D eigenvalue weighted by Crippen LogP contribution is 2.33. The lowest BCUT2D eigenvalue weighted by Crippen LogP contribution is -2.15. The molecule has 1 N–H and O–H groups in total. The fourth-order valence-corrected chi connectivity index (χ4v) is 2.76. The predicted molar refractivity (Wildman–Crippen MR) is 89.5 cm³/mol. The number of anilines is 3. The van der Waals surface area contributed by atoms with Crippen LogP contribution in [0, 0.1) is 0 Å². The Kier molecular flexibility index (Phi) is 4.37. The zero-order valence-corrected chi connectivity index (χ0v) is 12.9. The topological polar surface area (TPSA) is 45.2 Å². The van der Waals surface area contributed by atoms with Crippen molar-refractivity contribution in [3.63, 3.8) is 0 Å². The zero-order chi connectivity index (χ0) is 15.4. The second kappa shape index (κ2) is 6.60. The molecule has 0 saturated carbocycles. The van der Waals surface area contributed by atoms with Crippen molar-refractivity contribution >= 4 is 23.1 Å². The van der Waals surface area contributed by atoms with E-state index in [4.69, 9.17) is 0 Å². The molecule has 0 radical (unpaired) electrons. The third-order valence-corrected chi connectivity index (χ3v) is 3.95. The first-order valence-electron chi connectivity index (χ1n) is 7.89. The van der Waals surface area contributed by atoms with Gasteiger partial charge in [-0.2, -0.15) is 0 Å². The van der Waals surface area contributed by atoms with Crippen molar-refractivity contribution in [1.29, 1.82) is 0 Å². The number of benzene rings is 1. The molecular formula is C18H21N3O. The van der Waals surface area contributed by atoms with E-state index in [2.05, 4.69) is 46.4 Å². The molecule has 1 aromatic heterocycles. The van der Waals surface area contributed by atoms with Crippen LogP contribution in [0.25, 0.3) is 0 Å². The Hall–Kier alpha value is -2.36. The van der Waals surface area contributed by atoms with E-state index in [9.17, 15) is 4.79 Å². The summed E-state index contributed by atoms with van der Waals surface area (Å²) >= 11 is 0. The summed E-state index contributed by atoms with van der Waals surface area (Å²) in [6.07, 6.45) is 5.30. The standard InChI is InChI=1S/C18H21N3O/c1-2-3-8-18(22)20-15-9-10-17(19-13-15)21-12-11-14-6-4-5-7-16(14)21/h4-7,9-10,13H,2-3,8,11-12H2,1H3,(H,20,22). The molecule has 4 heteroatoms. The summed E-state index contributed by atoms with van der Waals surface area (Å²) in [4.78, 5) is 18.5. The predicted octanol–water partition coefficient (Wildman–Crippen LogP) is 3.90. The second-order valence-corrected chi connectivity index (χ2v) is 5.59. The number of nitrogens with one attached hydrogen (secondary N) is 1. The van der Waals surface area contributed by atoms with Crippen LogP contribution < -0.4 is 10.2 Å². The number of unbranched alkanes of at least 4 members (excludes halogenated alkanes) is 1. The van der Waals surface area contributed by atoms with Gasteiger partial charge in [-0.25, -0.2) is 4.98 Å². The largest absolute Gasteiger partial charge is 0.326 e. The van der Waals surface area contributed by atoms with Crippen molar-refractivity contribution in [3.8, 4) is 0 Å². The maximum absolute atomic E-state index is 11.7. The lowest BCUT2D eigenvalue weighted by Gasteiger charge is -2.18. The van der Waals surface area contributed by atoms with Gasteiger partial charge in [-0.3, -0.25) is 4.79 Å². The number of hydrogen-bond acceptors (Lipinski definition) is 3. The second-order valence-electron chi connectivity index (χ2n) is 5.59. The summed E-state index contributed by atoms with van der Waals surface area (Å²) in [5.41, 5.74) is 3.35. The molecule has 0 fully saturated rings. The third-order valence-electron chi connectivity index (χ3n) is 3.95. The van der Waals surface area contributed by atoms with Gasteiger partial charge in [0.2, 0.25) is 5.91 Å². The normalized spacial score (nSPS) is 13.0. The summed E-state index contributed by atoms with van der Waals surface area (Å²) in [5.74, 6) is 0.986. The monoisotopic (exact) mass is 295 g/mol. The van der Waals surface area contributed by atoms with Crippen molar-refractivity contribution in [2.45, 2.75) is 32.6 Å². The molecule has 114 valence electrons. The number of carbonyl (C=O) groups is 1. The molecule has 0 bridgehead atoms. The van der Waals surface area contributed by atoms with E-state index >= 15 is 0 Å². The van der Waals surface area contributed by atoms with Gasteiger partial charge in [-0.05, 0) is 36.6 Å². The van der Waals surface area contributed by atoms with Crippen LogP contribution in [0.3, 0.4) is 0 Å².